The van der Waals surface area contributed by atoms with E-state index in [4.69, 9.17) is 9.47 Å². The van der Waals surface area contributed by atoms with Crippen molar-refractivity contribution in [3.8, 4) is 11.5 Å². The normalized spacial score (nSPS) is 14.3. The summed E-state index contributed by atoms with van der Waals surface area (Å²) < 4.78 is 11.3. The summed E-state index contributed by atoms with van der Waals surface area (Å²) in [6, 6.07) is 13.9. The molecule has 5 nitrogen and oxygen atoms in total. The van der Waals surface area contributed by atoms with Gasteiger partial charge in [0.05, 0.1) is 17.8 Å². The Kier molecular flexibility index (Phi) is 7.82. The maximum absolute atomic E-state index is 12.8. The molecule has 27 heavy (non-hydrogen) atoms. The largest absolute Gasteiger partial charge is 0.491 e. The van der Waals surface area contributed by atoms with E-state index in [1.807, 2.05) is 19.9 Å². The second-order valence-corrected chi connectivity index (χ2v) is 6.78. The third-order valence-corrected chi connectivity index (χ3v) is 4.44. The van der Waals surface area contributed by atoms with Crippen LogP contribution in [-0.2, 0) is 0 Å². The van der Waals surface area contributed by atoms with E-state index in [1.165, 1.54) is 0 Å². The number of aliphatic hydroxyl groups excluding tert-OH is 2. The van der Waals surface area contributed by atoms with E-state index in [2.05, 4.69) is 0 Å². The minimum Gasteiger partial charge on any atom is -0.491 e. The van der Waals surface area contributed by atoms with Crippen LogP contribution in [0.15, 0.2) is 48.5 Å². The molecule has 2 N–H and O–H groups in total. The molecule has 146 valence electrons. The van der Waals surface area contributed by atoms with E-state index in [9.17, 15) is 15.0 Å². The lowest BCUT2D eigenvalue weighted by atomic mass is 10.0. The Balaban J connectivity index is 2.22. The molecule has 3 unspecified atom stereocenters. The molecule has 2 aromatic rings. The summed E-state index contributed by atoms with van der Waals surface area (Å²) in [6.07, 6.45) is -0.374. The molecule has 0 saturated carbocycles. The highest BCUT2D eigenvalue weighted by atomic mass is 16.5. The molecule has 0 heterocycles. The average Bonchev–Trinajstić information content (AvgIpc) is 2.69. The van der Waals surface area contributed by atoms with Gasteiger partial charge in [-0.25, -0.2) is 0 Å². The van der Waals surface area contributed by atoms with Crippen molar-refractivity contribution in [1.29, 1.82) is 0 Å². The quantitative estimate of drug-likeness (QED) is 0.625. The smallest absolute Gasteiger partial charge is 0.196 e. The standard InChI is InChI=1S/C22H28O5/c1-4-15(2)20(24)14-26-18-10-11-19(21(12-18)27-13-16(3)23)22(25)17-8-6-5-7-9-17/h5-12,15-16,20,23-24H,4,13-14H2,1-3H3. The lowest BCUT2D eigenvalue weighted by Gasteiger charge is -2.19. The summed E-state index contributed by atoms with van der Waals surface area (Å²) in [5.74, 6) is 0.820. The first-order valence-electron chi connectivity index (χ1n) is 9.27. The summed E-state index contributed by atoms with van der Waals surface area (Å²) >= 11 is 0. The Labute approximate surface area is 160 Å². The van der Waals surface area contributed by atoms with Crippen LogP contribution in [-0.4, -0.2) is 41.4 Å². The molecule has 0 saturated heterocycles. The molecule has 2 rings (SSSR count). The van der Waals surface area contributed by atoms with Gasteiger partial charge in [-0.3, -0.25) is 4.79 Å². The van der Waals surface area contributed by atoms with Gasteiger partial charge in [-0.1, -0.05) is 50.6 Å². The molecule has 5 heteroatoms. The topological polar surface area (TPSA) is 76.0 Å². The van der Waals surface area contributed by atoms with Gasteiger partial charge in [-0.15, -0.1) is 0 Å². The maximum atomic E-state index is 12.8. The Hall–Kier alpha value is -2.37. The lowest BCUT2D eigenvalue weighted by Crippen LogP contribution is -2.24. The van der Waals surface area contributed by atoms with Crippen molar-refractivity contribution in [2.24, 2.45) is 5.92 Å². The zero-order valence-electron chi connectivity index (χ0n) is 16.1. The maximum Gasteiger partial charge on any atom is 0.196 e. The first kappa shape index (κ1) is 20.9. The molecule has 0 aliphatic carbocycles. The van der Waals surface area contributed by atoms with Crippen molar-refractivity contribution in [3.05, 3.63) is 59.7 Å². The number of rotatable bonds is 10. The van der Waals surface area contributed by atoms with E-state index < -0.39 is 12.2 Å². The van der Waals surface area contributed by atoms with Gasteiger partial charge in [0.25, 0.3) is 0 Å². The molecule has 0 fully saturated rings. The van der Waals surface area contributed by atoms with Crippen LogP contribution in [0, 0.1) is 5.92 Å². The Morgan fingerprint density at radius 1 is 1.00 bits per heavy atom. The monoisotopic (exact) mass is 372 g/mol. The molecule has 0 bridgehead atoms. The van der Waals surface area contributed by atoms with Gasteiger partial charge < -0.3 is 19.7 Å². The van der Waals surface area contributed by atoms with E-state index >= 15 is 0 Å². The molecular formula is C22H28O5. The lowest BCUT2D eigenvalue weighted by molar-refractivity contribution is 0.0619. The van der Waals surface area contributed by atoms with Crippen molar-refractivity contribution in [2.75, 3.05) is 13.2 Å². The first-order valence-corrected chi connectivity index (χ1v) is 9.27. The highest BCUT2D eigenvalue weighted by Crippen LogP contribution is 2.28. The van der Waals surface area contributed by atoms with Gasteiger partial charge in [-0.2, -0.15) is 0 Å². The molecule has 0 spiro atoms. The second-order valence-electron chi connectivity index (χ2n) is 6.78. The number of hydrogen-bond acceptors (Lipinski definition) is 5. The van der Waals surface area contributed by atoms with E-state index in [1.54, 1.807) is 49.4 Å². The van der Waals surface area contributed by atoms with E-state index in [0.29, 0.717) is 22.6 Å². The molecule has 0 aliphatic heterocycles. The Bertz CT molecular complexity index is 727. The molecule has 3 atom stereocenters. The fourth-order valence-electron chi connectivity index (χ4n) is 2.47. The van der Waals surface area contributed by atoms with Gasteiger partial charge >= 0.3 is 0 Å². The van der Waals surface area contributed by atoms with Gasteiger partial charge in [0.15, 0.2) is 5.78 Å². The zero-order chi connectivity index (χ0) is 19.8. The average molecular weight is 372 g/mol. The Morgan fingerprint density at radius 2 is 1.70 bits per heavy atom. The number of ketones is 1. The number of ether oxygens (including phenoxy) is 2. The number of carbonyl (C=O) groups excluding carboxylic acids is 1. The molecule has 2 aromatic carbocycles. The molecule has 0 amide bonds. The van der Waals surface area contributed by atoms with Crippen molar-refractivity contribution >= 4 is 5.78 Å². The minimum absolute atomic E-state index is 0.0635. The van der Waals surface area contributed by atoms with Crippen LogP contribution in [0.4, 0.5) is 0 Å². The number of benzene rings is 2. The third kappa shape index (κ3) is 6.08. The molecule has 0 aromatic heterocycles. The second kappa shape index (κ2) is 10.1. The summed E-state index contributed by atoms with van der Waals surface area (Å²) in [6.45, 7) is 5.82. The zero-order valence-corrected chi connectivity index (χ0v) is 16.1. The van der Waals surface area contributed by atoms with Gasteiger partial charge in [-0.05, 0) is 25.0 Å². The summed E-state index contributed by atoms with van der Waals surface area (Å²) in [7, 11) is 0. The first-order chi connectivity index (χ1) is 12.9. The third-order valence-electron chi connectivity index (χ3n) is 4.44. The Morgan fingerprint density at radius 3 is 2.33 bits per heavy atom. The van der Waals surface area contributed by atoms with Crippen LogP contribution in [0.25, 0.3) is 0 Å². The SMILES string of the molecule is CCC(C)C(O)COc1ccc(C(=O)c2ccccc2)c(OCC(C)O)c1. The van der Waals surface area contributed by atoms with Gasteiger partial charge in [0.2, 0.25) is 0 Å². The summed E-state index contributed by atoms with van der Waals surface area (Å²) in [4.78, 5) is 12.8. The van der Waals surface area contributed by atoms with Crippen LogP contribution >= 0.6 is 0 Å². The number of hydrogen-bond donors (Lipinski definition) is 2. The highest BCUT2D eigenvalue weighted by molar-refractivity contribution is 6.10. The van der Waals surface area contributed by atoms with E-state index in [0.717, 1.165) is 6.42 Å². The van der Waals surface area contributed by atoms with Crippen molar-refractivity contribution in [1.82, 2.24) is 0 Å². The molecule has 0 radical (unpaired) electrons. The molecule has 0 aliphatic rings. The fraction of sp³-hybridized carbons (Fsp3) is 0.409. The number of carbonyl (C=O) groups is 1. The van der Waals surface area contributed by atoms with Gasteiger partial charge in [0.1, 0.15) is 24.7 Å². The number of aliphatic hydroxyl groups is 2. The van der Waals surface area contributed by atoms with Crippen molar-refractivity contribution < 1.29 is 24.5 Å². The predicted octanol–water partition coefficient (Wildman–Crippen LogP) is 3.46. The fourth-order valence-corrected chi connectivity index (χ4v) is 2.47. The molecular weight excluding hydrogens is 344 g/mol. The van der Waals surface area contributed by atoms with Crippen LogP contribution in [0.3, 0.4) is 0 Å². The van der Waals surface area contributed by atoms with Crippen LogP contribution in [0.5, 0.6) is 11.5 Å². The van der Waals surface area contributed by atoms with E-state index in [-0.39, 0.29) is 24.9 Å². The minimum atomic E-state index is -0.665. The van der Waals surface area contributed by atoms with Crippen LogP contribution in [0.2, 0.25) is 0 Å². The van der Waals surface area contributed by atoms with Crippen molar-refractivity contribution in [2.45, 2.75) is 39.4 Å². The highest BCUT2D eigenvalue weighted by Gasteiger charge is 2.18. The van der Waals surface area contributed by atoms with Crippen molar-refractivity contribution in [3.63, 3.8) is 0 Å². The van der Waals surface area contributed by atoms with Crippen LogP contribution < -0.4 is 9.47 Å². The summed E-state index contributed by atoms with van der Waals surface area (Å²) in [5.41, 5.74) is 0.955. The van der Waals surface area contributed by atoms with Gasteiger partial charge in [0, 0.05) is 11.6 Å². The predicted molar refractivity (Wildman–Crippen MR) is 104 cm³/mol. The summed E-state index contributed by atoms with van der Waals surface area (Å²) in [5, 5.41) is 19.6. The van der Waals surface area contributed by atoms with Crippen LogP contribution in [0.1, 0.15) is 43.1 Å².